The molecular weight excluding hydrogens is 1580 g/mol. The van der Waals surface area contributed by atoms with Crippen LogP contribution in [0.4, 0.5) is 52.7 Å². The number of amidine groups is 4. The molecular formula is C71H109Cl4F12N11O9S2. The minimum Gasteiger partial charge on any atom is -0.400 e. The van der Waals surface area contributed by atoms with Gasteiger partial charge in [-0.25, -0.2) is 16.8 Å². The maximum Gasteiger partial charge on any atom is 0.389 e. The quantitative estimate of drug-likeness (QED) is 0.0433. The lowest BCUT2D eigenvalue weighted by Crippen LogP contribution is -2.50. The first-order chi connectivity index (χ1) is 51.2. The van der Waals surface area contributed by atoms with E-state index < -0.39 is 91.6 Å². The van der Waals surface area contributed by atoms with Crippen molar-refractivity contribution in [1.82, 2.24) is 36.2 Å². The van der Waals surface area contributed by atoms with Gasteiger partial charge in [0, 0.05) is 91.5 Å². The lowest BCUT2D eigenvalue weighted by atomic mass is 9.79. The van der Waals surface area contributed by atoms with Crippen LogP contribution in [-0.4, -0.2) is 183 Å². The molecule has 626 valence electrons. The number of aliphatic hydroxyl groups excluding tert-OH is 1. The van der Waals surface area contributed by atoms with Gasteiger partial charge in [0.25, 0.3) is 23.6 Å². The number of aliphatic imine (C=N–C) groups is 4. The van der Waals surface area contributed by atoms with Crippen LogP contribution in [0.25, 0.3) is 0 Å². The molecule has 7 heterocycles. The van der Waals surface area contributed by atoms with Crippen LogP contribution in [0.2, 0.25) is 0 Å². The number of hydrogen-bond acceptors (Lipinski definition) is 15. The van der Waals surface area contributed by atoms with Crippen LogP contribution in [0.3, 0.4) is 0 Å². The maximum absolute atomic E-state index is 12.6. The summed E-state index contributed by atoms with van der Waals surface area (Å²) in [6.07, 6.45) is 2.92. The van der Waals surface area contributed by atoms with Gasteiger partial charge in [0.1, 0.15) is 45.5 Å². The molecule has 4 spiro atoms. The second-order valence-electron chi connectivity index (χ2n) is 30.6. The largest absolute Gasteiger partial charge is 0.400 e. The van der Waals surface area contributed by atoms with E-state index in [0.717, 1.165) is 185 Å². The first-order valence-electron chi connectivity index (χ1n) is 38.2. The number of amides is 4. The van der Waals surface area contributed by atoms with E-state index in [1.165, 1.54) is 10.7 Å². The number of aliphatic hydroxyl groups is 1. The third-order valence-corrected chi connectivity index (χ3v) is 26.3. The summed E-state index contributed by atoms with van der Waals surface area (Å²) in [5.74, 6) is 3.99. The molecule has 5 saturated carbocycles. The number of nitrogens with zero attached hydrogens (tertiary/aromatic N) is 5. The molecule has 5 aliphatic carbocycles. The molecule has 0 aromatic heterocycles. The van der Waals surface area contributed by atoms with Crippen molar-refractivity contribution in [2.45, 2.75) is 272 Å². The topological polar surface area (TPSA) is 282 Å². The minimum atomic E-state index is -4.11. The van der Waals surface area contributed by atoms with Gasteiger partial charge in [0.15, 0.2) is 0 Å². The predicted octanol–water partition coefficient (Wildman–Crippen LogP) is 14.7. The monoisotopic (exact) mass is 1690 g/mol. The second kappa shape index (κ2) is 42.3. The second-order valence-corrected chi connectivity index (χ2v) is 36.6. The van der Waals surface area contributed by atoms with E-state index in [2.05, 4.69) is 43.5 Å². The number of rotatable bonds is 16. The highest BCUT2D eigenvalue weighted by Gasteiger charge is 2.51. The van der Waals surface area contributed by atoms with E-state index in [1.54, 1.807) is 0 Å². The molecule has 4 amide bonds. The zero-order valence-electron chi connectivity index (χ0n) is 61.8. The Bertz CT molecular complexity index is 3090. The fourth-order valence-corrected chi connectivity index (χ4v) is 19.0. The number of hydrogen-bond donors (Lipinski definition) is 7. The van der Waals surface area contributed by atoms with E-state index >= 15 is 0 Å². The Hall–Kier alpha value is -3.64. The van der Waals surface area contributed by atoms with E-state index in [9.17, 15) is 88.7 Å². The van der Waals surface area contributed by atoms with Crippen molar-refractivity contribution in [3.8, 4) is 0 Å². The Balaban J connectivity index is 0.000000217. The van der Waals surface area contributed by atoms with Crippen LogP contribution < -0.4 is 31.9 Å². The highest BCUT2D eigenvalue weighted by atomic mass is 35.7. The Morgan fingerprint density at radius 2 is 0.670 bits per heavy atom. The van der Waals surface area contributed by atoms with Gasteiger partial charge in [-0.15, -0.1) is 34.8 Å². The number of sulfonamides is 1. The van der Waals surface area contributed by atoms with Crippen LogP contribution in [0.15, 0.2) is 32.0 Å². The van der Waals surface area contributed by atoms with E-state index in [-0.39, 0.29) is 127 Å². The molecule has 0 radical (unpaired) electrons. The molecule has 0 bridgehead atoms. The van der Waals surface area contributed by atoms with E-state index in [4.69, 9.17) is 65.6 Å². The lowest BCUT2D eigenvalue weighted by Gasteiger charge is -2.34. The van der Waals surface area contributed by atoms with E-state index in [1.807, 2.05) is 0 Å². The van der Waals surface area contributed by atoms with Crippen LogP contribution in [-0.2, 0) is 38.3 Å². The van der Waals surface area contributed by atoms with Gasteiger partial charge >= 0.3 is 24.7 Å². The molecule has 7 aliphatic heterocycles. The summed E-state index contributed by atoms with van der Waals surface area (Å²) in [6.45, 7) is 6.94. The predicted molar refractivity (Wildman–Crippen MR) is 398 cm³/mol. The summed E-state index contributed by atoms with van der Waals surface area (Å²) < 4.78 is 193. The SMILES string of the molecule is C=CS(=O)(=O)N1CCC2(CC1)N=C(C1CCC(CCC(F)(F)F)CC1)NC2=O.CO.ClCCl.O=C1NC(C2CCC(CCC(F)(F)F)CC2)=NC12CCCCC2.O=C1NC(C2CCC(CCC(F)(F)F)CC2)=NC12CCNCC2.O=C1NC(C2CCC(CCC(F)(F)F)CC2)=NC12CCNCC2.O=S(=O)(Cl)CCCl. The first-order valence-corrected chi connectivity index (χ1v) is 43.8. The van der Waals surface area contributed by atoms with Crippen LogP contribution in [0.5, 0.6) is 0 Å². The third kappa shape index (κ3) is 29.9. The smallest absolute Gasteiger partial charge is 0.389 e. The average molecular weight is 1690 g/mol. The maximum atomic E-state index is 12.6. The van der Waals surface area contributed by atoms with Crippen LogP contribution in [0.1, 0.15) is 225 Å². The number of piperidine rings is 3. The van der Waals surface area contributed by atoms with E-state index in [0.29, 0.717) is 44.4 Å². The number of nitrogens with one attached hydrogen (secondary N) is 6. The van der Waals surface area contributed by atoms with Gasteiger partial charge in [-0.2, -0.15) is 57.0 Å². The van der Waals surface area contributed by atoms with Crippen molar-refractivity contribution in [3.63, 3.8) is 0 Å². The summed E-state index contributed by atoms with van der Waals surface area (Å²) in [7, 11) is -1.12. The van der Waals surface area contributed by atoms with Crippen molar-refractivity contribution in [3.05, 3.63) is 12.0 Å². The van der Waals surface area contributed by atoms with Crippen molar-refractivity contribution in [2.75, 3.05) is 63.4 Å². The lowest BCUT2D eigenvalue weighted by molar-refractivity contribution is -0.139. The summed E-state index contributed by atoms with van der Waals surface area (Å²) >= 11 is 14.6. The fraction of sp³-hybridized carbons (Fsp3) is 0.859. The molecule has 7 N–H and O–H groups in total. The van der Waals surface area contributed by atoms with Gasteiger partial charge in [-0.05, 0) is 230 Å². The fourth-order valence-electron chi connectivity index (χ4n) is 16.8. The summed E-state index contributed by atoms with van der Waals surface area (Å²) in [5.41, 5.74) is -2.63. The number of carbonyl (C=O) groups excluding carboxylic acids is 4. The number of carbonyl (C=O) groups is 4. The van der Waals surface area contributed by atoms with Crippen molar-refractivity contribution in [2.24, 2.45) is 67.3 Å². The van der Waals surface area contributed by atoms with Gasteiger partial charge in [0.05, 0.1) is 11.1 Å². The molecule has 8 fully saturated rings. The molecule has 3 saturated heterocycles. The van der Waals surface area contributed by atoms with Crippen molar-refractivity contribution >= 4 is 112 Å². The zero-order chi connectivity index (χ0) is 80.7. The van der Waals surface area contributed by atoms with Gasteiger partial charge in [-0.3, -0.25) is 39.1 Å². The van der Waals surface area contributed by atoms with Crippen LogP contribution in [0, 0.1) is 47.3 Å². The normalized spacial score (nSPS) is 28.1. The van der Waals surface area contributed by atoms with Gasteiger partial charge < -0.3 is 37.0 Å². The molecule has 0 aromatic carbocycles. The molecule has 12 rings (SSSR count). The average Bonchev–Trinajstić information content (AvgIpc) is 1.66. The minimum absolute atomic E-state index is 0.00759. The summed E-state index contributed by atoms with van der Waals surface area (Å²) in [6, 6.07) is 0. The Morgan fingerprint density at radius 1 is 0.431 bits per heavy atom. The third-order valence-electron chi connectivity index (χ3n) is 23.3. The number of alkyl halides is 15. The van der Waals surface area contributed by atoms with Crippen molar-refractivity contribution < 1.29 is 93.8 Å². The van der Waals surface area contributed by atoms with Crippen molar-refractivity contribution in [1.29, 1.82) is 0 Å². The summed E-state index contributed by atoms with van der Waals surface area (Å²) in [4.78, 5) is 68.4. The zero-order valence-corrected chi connectivity index (χ0v) is 66.5. The molecule has 0 atom stereocenters. The highest BCUT2D eigenvalue weighted by Crippen LogP contribution is 2.44. The first kappa shape index (κ1) is 94.2. The molecule has 0 unspecified atom stereocenters. The standard InChI is InChI=1S/C18H26F3N3O3S.C17H25F3N2O.2C16H24F3N3O.C2H4Cl2O2S.CH2Cl2.CH4O/c1-2-28(26,27)24-11-9-17(10-12-24)16(25)22-15(23-17)14-5-3-13(4-6-14)7-8-18(19,20)21;18-17(19,20)11-8-12-4-6-13(7-5-12)14-21-15(23)16(22-14)9-2-1-3-10-16;2*17-16(18,19)6-5-11-1-3-12(4-2-11)13-21-14(23)15(22-13)7-9-20-10-8-15;3-1-2-7(4,5)6;2-1-3;1-2/h2,13-14H,1,3-12H2,(H,22,23,25);12-13H,1-11H2,(H,21,22,23);2*11-12,20H,1-10H2,(H,21,22,23);1-2H2;1H2;2H,1H3. The molecule has 20 nitrogen and oxygen atoms in total. The highest BCUT2D eigenvalue weighted by molar-refractivity contribution is 8.13. The molecule has 109 heavy (non-hydrogen) atoms. The van der Waals surface area contributed by atoms with Gasteiger partial charge in [0.2, 0.25) is 19.1 Å². The Kier molecular flexibility index (Phi) is 36.6. The summed E-state index contributed by atoms with van der Waals surface area (Å²) in [5, 5.41) is 26.4. The Labute approximate surface area is 652 Å². The molecule has 12 aliphatic rings. The molecule has 0 aromatic rings. The van der Waals surface area contributed by atoms with Crippen LogP contribution >= 0.6 is 45.5 Å². The Morgan fingerprint density at radius 3 is 0.881 bits per heavy atom. The van der Waals surface area contributed by atoms with Gasteiger partial charge in [-0.1, -0.05) is 25.8 Å². The number of halogens is 16. The molecule has 38 heteroatoms.